The van der Waals surface area contributed by atoms with Gasteiger partial charge in [-0.15, -0.1) is 23.7 Å². The van der Waals surface area contributed by atoms with Crippen LogP contribution in [0.2, 0.25) is 0 Å². The minimum absolute atomic E-state index is 0. The summed E-state index contributed by atoms with van der Waals surface area (Å²) in [6.07, 6.45) is 8.46. The highest BCUT2D eigenvalue weighted by Gasteiger charge is 2.25. The third kappa shape index (κ3) is 5.29. The van der Waals surface area contributed by atoms with Gasteiger partial charge in [-0.1, -0.05) is 6.42 Å². The van der Waals surface area contributed by atoms with Crippen molar-refractivity contribution in [1.82, 2.24) is 19.4 Å². The van der Waals surface area contributed by atoms with Crippen molar-refractivity contribution in [2.24, 2.45) is 13.0 Å². The molecule has 2 aliphatic rings. The standard InChI is InChI=1S/C28H34N4O2S.ClH/c1-31-25-11-16-35-27(25)17-26(31)28-30-24(21-3-2-4-21)18-32(28)14-15-33-22-5-7-23(8-6-22)34-19-20-9-12-29-13-10-20;/h5-8,11,16-18,20-21,29H,2-4,9-10,12-15,19H2,1H3;1H. The maximum atomic E-state index is 6.12. The average molecular weight is 527 g/mol. The van der Waals surface area contributed by atoms with Gasteiger partial charge in [-0.3, -0.25) is 0 Å². The molecule has 0 atom stereocenters. The van der Waals surface area contributed by atoms with Crippen LogP contribution >= 0.6 is 23.7 Å². The van der Waals surface area contributed by atoms with Crippen LogP contribution in [-0.2, 0) is 13.6 Å². The molecule has 1 saturated heterocycles. The summed E-state index contributed by atoms with van der Waals surface area (Å²) in [5, 5.41) is 5.56. The Morgan fingerprint density at radius 1 is 1.03 bits per heavy atom. The van der Waals surface area contributed by atoms with Crippen molar-refractivity contribution in [3.63, 3.8) is 0 Å². The Labute approximate surface area is 223 Å². The third-order valence-electron chi connectivity index (χ3n) is 7.58. The molecule has 1 saturated carbocycles. The lowest BCUT2D eigenvalue weighted by Gasteiger charge is -2.22. The number of rotatable bonds is 9. The van der Waals surface area contributed by atoms with E-state index in [0.29, 0.717) is 18.4 Å². The Morgan fingerprint density at radius 2 is 1.78 bits per heavy atom. The zero-order valence-corrected chi connectivity index (χ0v) is 22.5. The summed E-state index contributed by atoms with van der Waals surface area (Å²) in [6, 6.07) is 12.5. The Bertz CT molecular complexity index is 1270. The van der Waals surface area contributed by atoms with Crippen LogP contribution < -0.4 is 14.8 Å². The number of hydrogen-bond donors (Lipinski definition) is 1. The number of ether oxygens (including phenoxy) is 2. The molecule has 192 valence electrons. The zero-order chi connectivity index (χ0) is 23.6. The van der Waals surface area contributed by atoms with E-state index in [1.54, 1.807) is 11.3 Å². The van der Waals surface area contributed by atoms with Gasteiger partial charge < -0.3 is 23.9 Å². The van der Waals surface area contributed by atoms with E-state index in [-0.39, 0.29) is 12.4 Å². The van der Waals surface area contributed by atoms with E-state index in [1.807, 2.05) is 24.3 Å². The van der Waals surface area contributed by atoms with Crippen LogP contribution in [0.15, 0.2) is 48.0 Å². The van der Waals surface area contributed by atoms with E-state index in [9.17, 15) is 0 Å². The molecule has 6 nitrogen and oxygen atoms in total. The molecule has 2 fully saturated rings. The quantitative estimate of drug-likeness (QED) is 0.280. The average Bonchev–Trinajstić information content (AvgIpc) is 3.55. The molecule has 1 N–H and O–H groups in total. The van der Waals surface area contributed by atoms with Crippen molar-refractivity contribution in [1.29, 1.82) is 0 Å². The Morgan fingerprint density at radius 3 is 2.47 bits per heavy atom. The molecule has 1 aromatic carbocycles. The first kappa shape index (κ1) is 25.2. The van der Waals surface area contributed by atoms with Crippen LogP contribution in [0.5, 0.6) is 11.5 Å². The number of hydrogen-bond acceptors (Lipinski definition) is 5. The molecule has 4 aromatic rings. The number of thiophene rings is 1. The fourth-order valence-electron chi connectivity index (χ4n) is 5.13. The summed E-state index contributed by atoms with van der Waals surface area (Å²) >= 11 is 1.78. The van der Waals surface area contributed by atoms with Gasteiger partial charge in [-0.25, -0.2) is 4.98 Å². The second-order valence-corrected chi connectivity index (χ2v) is 10.8. The molecule has 6 rings (SSSR count). The number of nitrogens with zero attached hydrogens (tertiary/aromatic N) is 3. The van der Waals surface area contributed by atoms with Gasteiger partial charge in [0.1, 0.15) is 18.1 Å². The van der Waals surface area contributed by atoms with E-state index in [1.165, 1.54) is 53.7 Å². The molecule has 1 aliphatic heterocycles. The second-order valence-electron chi connectivity index (χ2n) is 9.89. The Balaban J connectivity index is 0.00000267. The molecule has 0 radical (unpaired) electrons. The summed E-state index contributed by atoms with van der Waals surface area (Å²) in [4.78, 5) is 5.11. The van der Waals surface area contributed by atoms with Gasteiger partial charge in [0.25, 0.3) is 0 Å². The highest BCUT2D eigenvalue weighted by Crippen LogP contribution is 2.38. The van der Waals surface area contributed by atoms with Crippen molar-refractivity contribution in [2.75, 3.05) is 26.3 Å². The number of aryl methyl sites for hydroxylation is 1. The highest BCUT2D eigenvalue weighted by atomic mass is 35.5. The molecule has 4 heterocycles. The van der Waals surface area contributed by atoms with Gasteiger partial charge in [0, 0.05) is 19.2 Å². The van der Waals surface area contributed by atoms with Crippen LogP contribution in [0.3, 0.4) is 0 Å². The fraction of sp³-hybridized carbons (Fsp3) is 0.464. The van der Waals surface area contributed by atoms with Gasteiger partial charge in [0.05, 0.1) is 34.8 Å². The summed E-state index contributed by atoms with van der Waals surface area (Å²) in [5.41, 5.74) is 3.67. The summed E-state index contributed by atoms with van der Waals surface area (Å²) in [7, 11) is 2.14. The van der Waals surface area contributed by atoms with Gasteiger partial charge in [-0.2, -0.15) is 0 Å². The molecule has 3 aromatic heterocycles. The third-order valence-corrected chi connectivity index (χ3v) is 8.43. The van der Waals surface area contributed by atoms with Crippen molar-refractivity contribution < 1.29 is 9.47 Å². The Kier molecular flexibility index (Phi) is 7.89. The van der Waals surface area contributed by atoms with E-state index in [0.717, 1.165) is 43.6 Å². The first-order chi connectivity index (χ1) is 17.2. The number of fused-ring (bicyclic) bond motifs is 1. The van der Waals surface area contributed by atoms with Crippen molar-refractivity contribution >= 4 is 34.0 Å². The zero-order valence-electron chi connectivity index (χ0n) is 20.8. The lowest BCUT2D eigenvalue weighted by molar-refractivity contribution is 0.215. The number of imidazole rings is 1. The van der Waals surface area contributed by atoms with Gasteiger partial charge in [-0.05, 0) is 86.5 Å². The van der Waals surface area contributed by atoms with E-state index in [4.69, 9.17) is 14.5 Å². The molecular weight excluding hydrogens is 492 g/mol. The SMILES string of the molecule is Cl.Cn1c(-c2nc(C3CCC3)cn2CCOc2ccc(OCC3CCNCC3)cc2)cc2sccc21. The first-order valence-electron chi connectivity index (χ1n) is 12.9. The summed E-state index contributed by atoms with van der Waals surface area (Å²) in [6.45, 7) is 4.36. The topological polar surface area (TPSA) is 53.2 Å². The smallest absolute Gasteiger partial charge is 0.157 e. The van der Waals surface area contributed by atoms with Crippen LogP contribution in [0.4, 0.5) is 0 Å². The molecule has 0 unspecified atom stereocenters. The summed E-state index contributed by atoms with van der Waals surface area (Å²) in [5.74, 6) is 4.10. The second kappa shape index (κ2) is 11.3. The van der Waals surface area contributed by atoms with Crippen LogP contribution in [0.1, 0.15) is 43.7 Å². The minimum atomic E-state index is 0. The predicted molar refractivity (Wildman–Crippen MR) is 149 cm³/mol. The van der Waals surface area contributed by atoms with E-state index in [2.05, 4.69) is 45.2 Å². The number of benzene rings is 1. The van der Waals surface area contributed by atoms with Gasteiger partial charge in [0.15, 0.2) is 5.82 Å². The maximum absolute atomic E-state index is 6.12. The van der Waals surface area contributed by atoms with Gasteiger partial charge in [0.2, 0.25) is 0 Å². The van der Waals surface area contributed by atoms with Crippen molar-refractivity contribution in [2.45, 2.75) is 44.6 Å². The lowest BCUT2D eigenvalue weighted by atomic mass is 9.83. The first-order valence-corrected chi connectivity index (χ1v) is 13.8. The van der Waals surface area contributed by atoms with E-state index >= 15 is 0 Å². The van der Waals surface area contributed by atoms with E-state index < -0.39 is 0 Å². The maximum Gasteiger partial charge on any atom is 0.157 e. The largest absolute Gasteiger partial charge is 0.493 e. The lowest BCUT2D eigenvalue weighted by Crippen LogP contribution is -2.30. The fourth-order valence-corrected chi connectivity index (χ4v) is 5.98. The number of nitrogens with one attached hydrogen (secondary N) is 1. The number of aromatic nitrogens is 3. The highest BCUT2D eigenvalue weighted by molar-refractivity contribution is 7.17. The molecular formula is C28H35ClN4O2S. The van der Waals surface area contributed by atoms with Crippen LogP contribution in [0.25, 0.3) is 21.7 Å². The van der Waals surface area contributed by atoms with Crippen LogP contribution in [0, 0.1) is 5.92 Å². The monoisotopic (exact) mass is 526 g/mol. The molecule has 8 heteroatoms. The molecule has 0 amide bonds. The predicted octanol–water partition coefficient (Wildman–Crippen LogP) is 6.25. The summed E-state index contributed by atoms with van der Waals surface area (Å²) < 4.78 is 18.0. The Hall–Kier alpha value is -2.48. The van der Waals surface area contributed by atoms with Crippen molar-refractivity contribution in [3.8, 4) is 23.0 Å². The molecule has 0 bridgehead atoms. The van der Waals surface area contributed by atoms with Crippen molar-refractivity contribution in [3.05, 3.63) is 53.7 Å². The molecule has 1 aliphatic carbocycles. The normalized spacial score (nSPS) is 16.6. The van der Waals surface area contributed by atoms with Gasteiger partial charge >= 0.3 is 0 Å². The van der Waals surface area contributed by atoms with Crippen LogP contribution in [-0.4, -0.2) is 40.4 Å². The molecule has 0 spiro atoms. The minimum Gasteiger partial charge on any atom is -0.493 e. The number of halogens is 1. The number of piperidine rings is 1. The molecule has 36 heavy (non-hydrogen) atoms.